The molecule has 4 amide bonds. The Labute approximate surface area is 288 Å². The summed E-state index contributed by atoms with van der Waals surface area (Å²) in [7, 11) is 0. The van der Waals surface area contributed by atoms with Crippen molar-refractivity contribution in [3.05, 3.63) is 29.3 Å². The van der Waals surface area contributed by atoms with Crippen LogP contribution in [0.1, 0.15) is 59.7 Å². The molecule has 1 saturated heterocycles. The molecule has 0 bridgehead atoms. The van der Waals surface area contributed by atoms with Gasteiger partial charge in [0.25, 0.3) is 11.8 Å². The SMILES string of the molecule is CCCCCOCCOCCOCCOCCOCCOCCOCCOCCNc1cccc2c1C(=O)N(C1CCC(=O)NC1=O)C2=O. The van der Waals surface area contributed by atoms with E-state index < -0.39 is 29.7 Å². The van der Waals surface area contributed by atoms with Gasteiger partial charge < -0.3 is 43.2 Å². The monoisotopic (exact) mass is 695 g/mol. The third-order valence-corrected chi connectivity index (χ3v) is 7.53. The molecule has 15 heteroatoms. The first-order chi connectivity index (χ1) is 24.0. The van der Waals surface area contributed by atoms with E-state index in [2.05, 4.69) is 17.6 Å². The van der Waals surface area contributed by atoms with Crippen molar-refractivity contribution in [2.45, 2.75) is 45.1 Å². The van der Waals surface area contributed by atoms with E-state index in [1.165, 1.54) is 12.8 Å². The Balaban J connectivity index is 1.07. The third-order valence-electron chi connectivity index (χ3n) is 7.53. The van der Waals surface area contributed by atoms with E-state index in [1.807, 2.05) is 0 Å². The molecule has 276 valence electrons. The zero-order chi connectivity index (χ0) is 34.9. The number of hydrogen-bond donors (Lipinski definition) is 2. The maximum atomic E-state index is 13.1. The summed E-state index contributed by atoms with van der Waals surface area (Å²) in [6.45, 7) is 10.6. The second-order valence-electron chi connectivity index (χ2n) is 11.2. The summed E-state index contributed by atoms with van der Waals surface area (Å²) in [4.78, 5) is 50.8. The van der Waals surface area contributed by atoms with Crippen LogP contribution in [0, 0.1) is 0 Å². The van der Waals surface area contributed by atoms with Gasteiger partial charge in [-0.3, -0.25) is 29.4 Å². The topological polar surface area (TPSA) is 169 Å². The molecule has 1 unspecified atom stereocenters. The average molecular weight is 696 g/mol. The van der Waals surface area contributed by atoms with Gasteiger partial charge in [0.05, 0.1) is 110 Å². The predicted octanol–water partition coefficient (Wildman–Crippen LogP) is 1.82. The highest BCUT2D eigenvalue weighted by Crippen LogP contribution is 2.32. The predicted molar refractivity (Wildman–Crippen MR) is 178 cm³/mol. The van der Waals surface area contributed by atoms with Crippen LogP contribution >= 0.6 is 0 Å². The van der Waals surface area contributed by atoms with E-state index in [0.717, 1.165) is 17.9 Å². The van der Waals surface area contributed by atoms with Gasteiger partial charge in [0, 0.05) is 25.3 Å². The number of ether oxygens (including phenoxy) is 8. The lowest BCUT2D eigenvalue weighted by Crippen LogP contribution is -2.54. The van der Waals surface area contributed by atoms with Crippen molar-refractivity contribution in [2.75, 3.05) is 118 Å². The van der Waals surface area contributed by atoms with Gasteiger partial charge in [-0.05, 0) is 25.0 Å². The summed E-state index contributed by atoms with van der Waals surface area (Å²) >= 11 is 0. The molecule has 49 heavy (non-hydrogen) atoms. The molecule has 0 aliphatic carbocycles. The van der Waals surface area contributed by atoms with Crippen molar-refractivity contribution >= 4 is 29.3 Å². The zero-order valence-electron chi connectivity index (χ0n) is 28.7. The highest BCUT2D eigenvalue weighted by atomic mass is 16.6. The Morgan fingerprint density at radius 1 is 0.653 bits per heavy atom. The summed E-state index contributed by atoms with van der Waals surface area (Å²) in [6.07, 6.45) is 3.68. The maximum absolute atomic E-state index is 13.1. The molecular formula is C34H53N3O12. The first kappa shape index (κ1) is 40.4. The average Bonchev–Trinajstić information content (AvgIpc) is 3.35. The van der Waals surface area contributed by atoms with Crippen molar-refractivity contribution in [1.29, 1.82) is 0 Å². The summed E-state index contributed by atoms with van der Waals surface area (Å²) in [5, 5.41) is 5.33. The number of imide groups is 2. The minimum absolute atomic E-state index is 0.0699. The molecule has 0 saturated carbocycles. The maximum Gasteiger partial charge on any atom is 0.264 e. The van der Waals surface area contributed by atoms with E-state index in [-0.39, 0.29) is 24.0 Å². The Morgan fingerprint density at radius 3 is 1.63 bits per heavy atom. The van der Waals surface area contributed by atoms with E-state index in [1.54, 1.807) is 18.2 Å². The molecular weight excluding hydrogens is 642 g/mol. The Bertz CT molecular complexity index is 1140. The second-order valence-corrected chi connectivity index (χ2v) is 11.2. The lowest BCUT2D eigenvalue weighted by Gasteiger charge is -2.27. The van der Waals surface area contributed by atoms with Crippen molar-refractivity contribution in [2.24, 2.45) is 0 Å². The molecule has 2 aliphatic heterocycles. The standard InChI is InChI=1S/C34H53N3O12/c1-2-3-4-11-42-13-15-44-17-19-46-21-23-48-25-26-49-24-22-47-20-18-45-16-14-43-12-10-35-28-7-5-6-27-31(28)34(41)37(33(27)40)29-8-9-30(38)36-32(29)39/h5-7,29,35H,2-4,8-26H2,1H3,(H,36,38,39). The minimum atomic E-state index is -1.01. The molecule has 0 radical (unpaired) electrons. The quantitative estimate of drug-likeness (QED) is 0.0884. The van der Waals surface area contributed by atoms with Crippen molar-refractivity contribution in [3.63, 3.8) is 0 Å². The molecule has 15 nitrogen and oxygen atoms in total. The number of piperidine rings is 1. The highest BCUT2D eigenvalue weighted by molar-refractivity contribution is 6.25. The molecule has 3 rings (SSSR count). The van der Waals surface area contributed by atoms with Crippen LogP contribution in [-0.4, -0.2) is 147 Å². The molecule has 2 N–H and O–H groups in total. The number of anilines is 1. The van der Waals surface area contributed by atoms with Crippen LogP contribution in [0.15, 0.2) is 18.2 Å². The van der Waals surface area contributed by atoms with Gasteiger partial charge in [-0.15, -0.1) is 0 Å². The lowest BCUT2D eigenvalue weighted by atomic mass is 10.0. The van der Waals surface area contributed by atoms with E-state index >= 15 is 0 Å². The Kier molecular flexibility index (Phi) is 20.6. The fraction of sp³-hybridized carbons (Fsp3) is 0.706. The van der Waals surface area contributed by atoms with Crippen molar-refractivity contribution < 1.29 is 57.1 Å². The molecule has 0 spiro atoms. The Morgan fingerprint density at radius 2 is 1.14 bits per heavy atom. The molecule has 2 heterocycles. The first-order valence-corrected chi connectivity index (χ1v) is 17.2. The van der Waals surface area contributed by atoms with E-state index in [0.29, 0.717) is 111 Å². The van der Waals surface area contributed by atoms with Crippen LogP contribution in [0.25, 0.3) is 0 Å². The van der Waals surface area contributed by atoms with Gasteiger partial charge in [-0.25, -0.2) is 0 Å². The number of fused-ring (bicyclic) bond motifs is 1. The van der Waals surface area contributed by atoms with Crippen LogP contribution < -0.4 is 10.6 Å². The summed E-state index contributed by atoms with van der Waals surface area (Å²) in [5.41, 5.74) is 0.922. The normalized spacial score (nSPS) is 16.0. The van der Waals surface area contributed by atoms with Gasteiger partial charge in [0.2, 0.25) is 11.8 Å². The van der Waals surface area contributed by atoms with Crippen LogP contribution in [0.5, 0.6) is 0 Å². The highest BCUT2D eigenvalue weighted by Gasteiger charge is 2.45. The molecule has 1 aromatic carbocycles. The molecule has 1 fully saturated rings. The minimum Gasteiger partial charge on any atom is -0.382 e. The van der Waals surface area contributed by atoms with Crippen molar-refractivity contribution in [3.8, 4) is 0 Å². The molecule has 0 aromatic heterocycles. The van der Waals surface area contributed by atoms with Gasteiger partial charge in [0.15, 0.2) is 0 Å². The Hall–Kier alpha value is -3.02. The van der Waals surface area contributed by atoms with Crippen molar-refractivity contribution in [1.82, 2.24) is 10.2 Å². The third kappa shape index (κ3) is 15.2. The van der Waals surface area contributed by atoms with Gasteiger partial charge in [-0.1, -0.05) is 25.8 Å². The lowest BCUT2D eigenvalue weighted by molar-refractivity contribution is -0.136. The second kappa shape index (κ2) is 25.0. The summed E-state index contributed by atoms with van der Waals surface area (Å²) < 4.78 is 44.0. The zero-order valence-corrected chi connectivity index (χ0v) is 28.7. The van der Waals surface area contributed by atoms with E-state index in [9.17, 15) is 19.2 Å². The number of nitrogens with one attached hydrogen (secondary N) is 2. The molecule has 2 aliphatic rings. The summed E-state index contributed by atoms with van der Waals surface area (Å²) in [6, 6.07) is 3.92. The fourth-order valence-electron chi connectivity index (χ4n) is 5.02. The van der Waals surface area contributed by atoms with Crippen LogP contribution in [0.2, 0.25) is 0 Å². The number of hydrogen-bond acceptors (Lipinski definition) is 13. The number of carbonyl (C=O) groups is 4. The number of rotatable bonds is 30. The van der Waals surface area contributed by atoms with E-state index in [4.69, 9.17) is 37.9 Å². The fourth-order valence-corrected chi connectivity index (χ4v) is 5.02. The molecule has 1 aromatic rings. The number of unbranched alkanes of at least 4 members (excludes halogenated alkanes) is 2. The number of nitrogens with zero attached hydrogens (tertiary/aromatic N) is 1. The first-order valence-electron chi connectivity index (χ1n) is 17.2. The van der Waals surface area contributed by atoms with Crippen LogP contribution in [0.3, 0.4) is 0 Å². The van der Waals surface area contributed by atoms with Crippen LogP contribution in [0.4, 0.5) is 5.69 Å². The summed E-state index contributed by atoms with van der Waals surface area (Å²) in [5.74, 6) is -2.15. The number of amides is 4. The van der Waals surface area contributed by atoms with Crippen LogP contribution in [-0.2, 0) is 47.5 Å². The molecule has 1 atom stereocenters. The smallest absolute Gasteiger partial charge is 0.264 e. The number of carbonyl (C=O) groups excluding carboxylic acids is 4. The largest absolute Gasteiger partial charge is 0.382 e. The van der Waals surface area contributed by atoms with Gasteiger partial charge in [-0.2, -0.15) is 0 Å². The van der Waals surface area contributed by atoms with Gasteiger partial charge in [0.1, 0.15) is 6.04 Å². The van der Waals surface area contributed by atoms with Gasteiger partial charge >= 0.3 is 0 Å². The number of benzene rings is 1.